The molecule has 4 rings (SSSR count). The number of nitrogens with two attached hydrogens (primary N) is 1. The van der Waals surface area contributed by atoms with Gasteiger partial charge in [0.05, 0.1) is 11.2 Å². The van der Waals surface area contributed by atoms with Gasteiger partial charge in [-0.25, -0.2) is 4.98 Å². The van der Waals surface area contributed by atoms with E-state index in [-0.39, 0.29) is 0 Å². The van der Waals surface area contributed by atoms with Gasteiger partial charge >= 0.3 is 0 Å². The number of hydrogen-bond donors (Lipinski definition) is 2. The van der Waals surface area contributed by atoms with Crippen molar-refractivity contribution in [3.8, 4) is 11.3 Å². The molecule has 2 heterocycles. The molecule has 0 amide bonds. The van der Waals surface area contributed by atoms with Crippen LogP contribution in [0.5, 0.6) is 0 Å². The molecular formula is C26H36N6. The van der Waals surface area contributed by atoms with Gasteiger partial charge in [-0.2, -0.15) is 0 Å². The summed E-state index contributed by atoms with van der Waals surface area (Å²) in [5, 5.41) is 4.77. The summed E-state index contributed by atoms with van der Waals surface area (Å²) in [6.07, 6.45) is 7.30. The zero-order chi connectivity index (χ0) is 22.5. The Hall–Kier alpha value is -2.70. The predicted octanol–water partition coefficient (Wildman–Crippen LogP) is 4.37. The Labute approximate surface area is 191 Å². The number of rotatable bonds is 8. The number of hydrogen-bond acceptors (Lipinski definition) is 6. The minimum absolute atomic E-state index is 0.338. The van der Waals surface area contributed by atoms with Crippen LogP contribution in [0.4, 0.5) is 11.5 Å². The van der Waals surface area contributed by atoms with Gasteiger partial charge in [0.2, 0.25) is 0 Å². The van der Waals surface area contributed by atoms with Gasteiger partial charge < -0.3 is 20.9 Å². The van der Waals surface area contributed by atoms with Crippen molar-refractivity contribution in [2.75, 3.05) is 44.4 Å². The fourth-order valence-electron chi connectivity index (χ4n) is 4.43. The van der Waals surface area contributed by atoms with Crippen LogP contribution in [-0.4, -0.2) is 61.2 Å². The van der Waals surface area contributed by atoms with Crippen LogP contribution in [0.1, 0.15) is 32.1 Å². The summed E-state index contributed by atoms with van der Waals surface area (Å²) in [4.78, 5) is 14.2. The van der Waals surface area contributed by atoms with Crippen molar-refractivity contribution >= 4 is 22.4 Å². The molecule has 0 radical (unpaired) electrons. The SMILES string of the molecule is CN(C)CCCN(C)c1ccc(-c2cc3ncccc3c(NC3CCC(N)CC3)n2)cc1. The molecule has 170 valence electrons. The Morgan fingerprint density at radius 3 is 2.47 bits per heavy atom. The number of nitrogens with zero attached hydrogens (tertiary/aromatic N) is 4. The molecule has 32 heavy (non-hydrogen) atoms. The molecule has 1 fully saturated rings. The number of nitrogens with one attached hydrogen (secondary N) is 1. The van der Waals surface area contributed by atoms with Crippen LogP contribution >= 0.6 is 0 Å². The van der Waals surface area contributed by atoms with Crippen molar-refractivity contribution in [3.63, 3.8) is 0 Å². The summed E-state index contributed by atoms with van der Waals surface area (Å²) < 4.78 is 0. The van der Waals surface area contributed by atoms with Gasteiger partial charge in [-0.3, -0.25) is 4.98 Å². The van der Waals surface area contributed by atoms with E-state index in [4.69, 9.17) is 10.7 Å². The molecule has 1 aliphatic rings. The summed E-state index contributed by atoms with van der Waals surface area (Å²) in [6, 6.07) is 15.6. The lowest BCUT2D eigenvalue weighted by Crippen LogP contribution is -2.33. The minimum Gasteiger partial charge on any atom is -0.375 e. The highest BCUT2D eigenvalue weighted by Crippen LogP contribution is 2.30. The molecule has 0 spiro atoms. The van der Waals surface area contributed by atoms with Crippen LogP contribution in [0.2, 0.25) is 0 Å². The zero-order valence-electron chi connectivity index (χ0n) is 19.6. The topological polar surface area (TPSA) is 70.3 Å². The van der Waals surface area contributed by atoms with Crippen molar-refractivity contribution in [2.24, 2.45) is 5.73 Å². The van der Waals surface area contributed by atoms with E-state index in [9.17, 15) is 0 Å². The molecule has 1 saturated carbocycles. The van der Waals surface area contributed by atoms with Crippen LogP contribution in [0, 0.1) is 0 Å². The molecule has 3 N–H and O–H groups in total. The quantitative estimate of drug-likeness (QED) is 0.551. The molecule has 0 aliphatic heterocycles. The number of anilines is 2. The van der Waals surface area contributed by atoms with Gasteiger partial charge in [-0.15, -0.1) is 0 Å². The molecular weight excluding hydrogens is 396 g/mol. The zero-order valence-corrected chi connectivity index (χ0v) is 19.6. The lowest BCUT2D eigenvalue weighted by atomic mass is 9.92. The summed E-state index contributed by atoms with van der Waals surface area (Å²) in [5.41, 5.74) is 10.4. The van der Waals surface area contributed by atoms with Crippen molar-refractivity contribution in [1.82, 2.24) is 14.9 Å². The summed E-state index contributed by atoms with van der Waals surface area (Å²) in [6.45, 7) is 2.13. The number of fused-ring (bicyclic) bond motifs is 1. The monoisotopic (exact) mass is 432 g/mol. The first-order chi connectivity index (χ1) is 15.5. The molecule has 1 aromatic carbocycles. The molecule has 3 aromatic rings. The van der Waals surface area contributed by atoms with E-state index in [1.54, 1.807) is 0 Å². The third kappa shape index (κ3) is 5.56. The van der Waals surface area contributed by atoms with E-state index in [0.717, 1.165) is 73.2 Å². The lowest BCUT2D eigenvalue weighted by molar-refractivity contribution is 0.401. The molecule has 0 saturated heterocycles. The Bertz CT molecular complexity index is 1010. The second-order valence-electron chi connectivity index (χ2n) is 9.31. The first-order valence-electron chi connectivity index (χ1n) is 11.7. The van der Waals surface area contributed by atoms with Gasteiger partial charge in [0.25, 0.3) is 0 Å². The van der Waals surface area contributed by atoms with Crippen molar-refractivity contribution in [2.45, 2.75) is 44.2 Å². The van der Waals surface area contributed by atoms with Gasteiger partial charge in [-0.1, -0.05) is 12.1 Å². The van der Waals surface area contributed by atoms with E-state index in [0.29, 0.717) is 12.1 Å². The van der Waals surface area contributed by atoms with E-state index < -0.39 is 0 Å². The summed E-state index contributed by atoms with van der Waals surface area (Å²) >= 11 is 0. The molecule has 2 aromatic heterocycles. The maximum atomic E-state index is 6.10. The van der Waals surface area contributed by atoms with E-state index in [1.165, 1.54) is 5.69 Å². The van der Waals surface area contributed by atoms with Gasteiger partial charge in [0.1, 0.15) is 5.82 Å². The van der Waals surface area contributed by atoms with Crippen molar-refractivity contribution in [3.05, 3.63) is 48.7 Å². The van der Waals surface area contributed by atoms with Crippen LogP contribution in [-0.2, 0) is 0 Å². The molecule has 6 heteroatoms. The first-order valence-corrected chi connectivity index (χ1v) is 11.7. The molecule has 0 unspecified atom stereocenters. The van der Waals surface area contributed by atoms with Crippen LogP contribution in [0.3, 0.4) is 0 Å². The smallest absolute Gasteiger partial charge is 0.136 e. The van der Waals surface area contributed by atoms with Crippen LogP contribution in [0.15, 0.2) is 48.7 Å². The Kier molecular flexibility index (Phi) is 7.22. The second kappa shape index (κ2) is 10.3. The highest BCUT2D eigenvalue weighted by atomic mass is 15.1. The first kappa shape index (κ1) is 22.5. The third-order valence-corrected chi connectivity index (χ3v) is 6.41. The predicted molar refractivity (Wildman–Crippen MR) is 135 cm³/mol. The van der Waals surface area contributed by atoms with Gasteiger partial charge in [0, 0.05) is 48.5 Å². The largest absolute Gasteiger partial charge is 0.375 e. The van der Waals surface area contributed by atoms with Crippen molar-refractivity contribution < 1.29 is 0 Å². The highest BCUT2D eigenvalue weighted by Gasteiger charge is 2.20. The number of aromatic nitrogens is 2. The van der Waals surface area contributed by atoms with Crippen LogP contribution in [0.25, 0.3) is 22.2 Å². The average molecular weight is 433 g/mol. The Morgan fingerprint density at radius 2 is 1.75 bits per heavy atom. The molecule has 6 nitrogen and oxygen atoms in total. The number of benzene rings is 1. The minimum atomic E-state index is 0.338. The van der Waals surface area contributed by atoms with E-state index in [1.807, 2.05) is 12.3 Å². The molecule has 0 atom stereocenters. The fraction of sp³-hybridized carbons (Fsp3) is 0.462. The Balaban J connectivity index is 1.54. The number of pyridine rings is 2. The van der Waals surface area contributed by atoms with Gasteiger partial charge in [-0.05, 0) is 83.1 Å². The van der Waals surface area contributed by atoms with Crippen molar-refractivity contribution in [1.29, 1.82) is 0 Å². The fourth-order valence-corrected chi connectivity index (χ4v) is 4.43. The maximum Gasteiger partial charge on any atom is 0.136 e. The summed E-state index contributed by atoms with van der Waals surface area (Å²) in [7, 11) is 6.39. The van der Waals surface area contributed by atoms with Gasteiger partial charge in [0.15, 0.2) is 0 Å². The second-order valence-corrected chi connectivity index (χ2v) is 9.31. The van der Waals surface area contributed by atoms with E-state index in [2.05, 4.69) is 77.6 Å². The van der Waals surface area contributed by atoms with Crippen LogP contribution < -0.4 is 16.0 Å². The highest BCUT2D eigenvalue weighted by molar-refractivity contribution is 5.92. The molecule has 0 bridgehead atoms. The van der Waals surface area contributed by atoms with E-state index >= 15 is 0 Å². The third-order valence-electron chi connectivity index (χ3n) is 6.41. The molecule has 1 aliphatic carbocycles. The Morgan fingerprint density at radius 1 is 1.00 bits per heavy atom. The average Bonchev–Trinajstić information content (AvgIpc) is 2.80. The maximum absolute atomic E-state index is 6.10. The normalized spacial score (nSPS) is 18.8. The summed E-state index contributed by atoms with van der Waals surface area (Å²) in [5.74, 6) is 0.927. The standard InChI is InChI=1S/C26H36N6/c1-31(2)16-5-17-32(3)22-13-7-19(8-14-22)24-18-25-23(6-4-15-28-25)26(30-24)29-21-11-9-20(27)10-12-21/h4,6-8,13-15,18,20-21H,5,9-12,16-17,27H2,1-3H3,(H,29,30). The lowest BCUT2D eigenvalue weighted by Gasteiger charge is -2.27.